The van der Waals surface area contributed by atoms with Gasteiger partial charge in [0.25, 0.3) is 5.56 Å². The van der Waals surface area contributed by atoms with E-state index in [4.69, 9.17) is 31.2 Å². The normalized spacial score (nSPS) is 12.3. The van der Waals surface area contributed by atoms with Crippen LogP contribution in [-0.2, 0) is 27.3 Å². The largest absolute Gasteiger partial charge is 0.492 e. The minimum absolute atomic E-state index is 0.146. The Bertz CT molecular complexity index is 1210. The van der Waals surface area contributed by atoms with E-state index >= 15 is 0 Å². The minimum Gasteiger partial charge on any atom is -0.492 e. The lowest BCUT2D eigenvalue weighted by atomic mass is 10.1. The van der Waals surface area contributed by atoms with Crippen LogP contribution in [0, 0.1) is 0 Å². The quantitative estimate of drug-likeness (QED) is 0.226. The maximum atomic E-state index is 12.4. The van der Waals surface area contributed by atoms with Crippen molar-refractivity contribution in [2.75, 3.05) is 19.8 Å². The average Bonchev–Trinajstić information content (AvgIpc) is 2.91. The summed E-state index contributed by atoms with van der Waals surface area (Å²) in [6.45, 7) is 3.34. The SMILES string of the molecule is CCOC(Cc1ccc(OCCn2ncc3ccccc3c2=O)cc1)C(=O)O.NCCCCC(N)C(=O)O. The van der Waals surface area contributed by atoms with Gasteiger partial charge in [-0.3, -0.25) is 9.59 Å². The van der Waals surface area contributed by atoms with Gasteiger partial charge >= 0.3 is 11.9 Å². The number of nitrogens with two attached hydrogens (primary N) is 2. The van der Waals surface area contributed by atoms with Crippen molar-refractivity contribution in [2.24, 2.45) is 11.5 Å². The standard InChI is InChI=1S/C21H22N2O5.C6H14N2O2/c1-2-27-19(21(25)26)13-15-7-9-17(10-8-15)28-12-11-23-20(24)18-6-4-3-5-16(18)14-22-23;7-4-2-1-3-5(8)6(9)10/h3-10,14,19H,2,11-13H2,1H3,(H,25,26);5H,1-4,7-8H2,(H,9,10). The average molecular weight is 529 g/mol. The molecule has 0 fully saturated rings. The molecule has 3 aromatic rings. The summed E-state index contributed by atoms with van der Waals surface area (Å²) in [5.74, 6) is -1.27. The molecule has 0 aliphatic carbocycles. The van der Waals surface area contributed by atoms with Gasteiger partial charge in [0.2, 0.25) is 0 Å². The summed E-state index contributed by atoms with van der Waals surface area (Å²) in [5.41, 5.74) is 11.1. The summed E-state index contributed by atoms with van der Waals surface area (Å²) in [5, 5.41) is 23.1. The Labute approximate surface area is 221 Å². The number of hydrogen-bond donors (Lipinski definition) is 4. The highest BCUT2D eigenvalue weighted by Crippen LogP contribution is 2.15. The number of carboxylic acid groups (broad SMARTS) is 2. The number of carbonyl (C=O) groups is 2. The van der Waals surface area contributed by atoms with Gasteiger partial charge in [-0.1, -0.05) is 36.8 Å². The molecule has 1 aromatic heterocycles. The number of nitrogens with zero attached hydrogens (tertiary/aromatic N) is 2. The fraction of sp³-hybridized carbons (Fsp3) is 0.407. The maximum Gasteiger partial charge on any atom is 0.333 e. The lowest BCUT2D eigenvalue weighted by Gasteiger charge is -2.13. The molecule has 2 atom stereocenters. The summed E-state index contributed by atoms with van der Waals surface area (Å²) < 4.78 is 12.3. The predicted octanol–water partition coefficient (Wildman–Crippen LogP) is 2.04. The Kier molecular flexibility index (Phi) is 12.9. The molecule has 0 amide bonds. The first-order valence-corrected chi connectivity index (χ1v) is 12.5. The van der Waals surface area contributed by atoms with Gasteiger partial charge in [-0.2, -0.15) is 5.10 Å². The lowest BCUT2D eigenvalue weighted by Crippen LogP contribution is -2.29. The molecule has 0 radical (unpaired) electrons. The van der Waals surface area contributed by atoms with Gasteiger partial charge in [-0.15, -0.1) is 0 Å². The molecule has 38 heavy (non-hydrogen) atoms. The Balaban J connectivity index is 0.000000432. The van der Waals surface area contributed by atoms with Crippen LogP contribution >= 0.6 is 0 Å². The van der Waals surface area contributed by atoms with Crippen LogP contribution < -0.4 is 21.8 Å². The zero-order chi connectivity index (χ0) is 27.9. The molecule has 0 aliphatic heterocycles. The lowest BCUT2D eigenvalue weighted by molar-refractivity contribution is -0.150. The molecule has 0 saturated heterocycles. The number of carboxylic acids is 2. The van der Waals surface area contributed by atoms with Gasteiger partial charge in [0, 0.05) is 18.4 Å². The number of aliphatic carboxylic acids is 2. The smallest absolute Gasteiger partial charge is 0.333 e. The van der Waals surface area contributed by atoms with E-state index < -0.39 is 24.1 Å². The summed E-state index contributed by atoms with van der Waals surface area (Å²) in [7, 11) is 0. The number of hydrogen-bond acceptors (Lipinski definition) is 8. The van der Waals surface area contributed by atoms with Crippen molar-refractivity contribution in [1.29, 1.82) is 0 Å². The summed E-state index contributed by atoms with van der Waals surface area (Å²) in [6, 6.07) is 13.8. The second-order valence-corrected chi connectivity index (χ2v) is 8.47. The number of rotatable bonds is 14. The number of benzene rings is 2. The predicted molar refractivity (Wildman–Crippen MR) is 143 cm³/mol. The van der Waals surface area contributed by atoms with Gasteiger partial charge in [0.1, 0.15) is 18.4 Å². The summed E-state index contributed by atoms with van der Waals surface area (Å²) in [4.78, 5) is 33.7. The second-order valence-electron chi connectivity index (χ2n) is 8.47. The van der Waals surface area contributed by atoms with Crippen molar-refractivity contribution in [1.82, 2.24) is 9.78 Å². The van der Waals surface area contributed by atoms with Crippen LogP contribution in [0.2, 0.25) is 0 Å². The van der Waals surface area contributed by atoms with Crippen molar-refractivity contribution in [3.8, 4) is 5.75 Å². The fourth-order valence-corrected chi connectivity index (χ4v) is 3.52. The molecule has 11 heteroatoms. The molecular weight excluding hydrogens is 492 g/mol. The second kappa shape index (κ2) is 16.1. The fourth-order valence-electron chi connectivity index (χ4n) is 3.52. The molecule has 2 aromatic carbocycles. The molecule has 206 valence electrons. The van der Waals surface area contributed by atoms with Crippen LogP contribution in [0.5, 0.6) is 5.75 Å². The van der Waals surface area contributed by atoms with E-state index in [2.05, 4.69) is 5.10 Å². The first-order chi connectivity index (χ1) is 18.3. The van der Waals surface area contributed by atoms with Crippen LogP contribution in [0.3, 0.4) is 0 Å². The molecule has 2 unspecified atom stereocenters. The van der Waals surface area contributed by atoms with E-state index in [1.807, 2.05) is 30.3 Å². The van der Waals surface area contributed by atoms with E-state index in [9.17, 15) is 14.4 Å². The highest BCUT2D eigenvalue weighted by Gasteiger charge is 2.17. The first-order valence-electron chi connectivity index (χ1n) is 12.5. The van der Waals surface area contributed by atoms with Gasteiger partial charge in [-0.25, -0.2) is 9.48 Å². The summed E-state index contributed by atoms with van der Waals surface area (Å²) in [6.07, 6.45) is 3.27. The Hall–Kier alpha value is -3.80. The van der Waals surface area contributed by atoms with Crippen molar-refractivity contribution < 1.29 is 29.3 Å². The molecule has 0 saturated carbocycles. The van der Waals surface area contributed by atoms with E-state index in [0.29, 0.717) is 50.3 Å². The van der Waals surface area contributed by atoms with Crippen LogP contribution in [-0.4, -0.2) is 63.8 Å². The molecule has 0 bridgehead atoms. The third kappa shape index (κ3) is 9.92. The van der Waals surface area contributed by atoms with Crippen molar-refractivity contribution in [3.63, 3.8) is 0 Å². The molecule has 3 rings (SSSR count). The maximum absolute atomic E-state index is 12.4. The van der Waals surface area contributed by atoms with Crippen LogP contribution in [0.15, 0.2) is 59.5 Å². The Morgan fingerprint density at radius 2 is 1.76 bits per heavy atom. The van der Waals surface area contributed by atoms with E-state index in [1.165, 1.54) is 4.68 Å². The summed E-state index contributed by atoms with van der Waals surface area (Å²) >= 11 is 0. The number of ether oxygens (including phenoxy) is 2. The van der Waals surface area contributed by atoms with Gasteiger partial charge in [0.05, 0.1) is 18.1 Å². The van der Waals surface area contributed by atoms with Gasteiger partial charge < -0.3 is 31.2 Å². The number of aromatic nitrogens is 2. The van der Waals surface area contributed by atoms with Crippen molar-refractivity contribution in [3.05, 3.63) is 70.6 Å². The van der Waals surface area contributed by atoms with Gasteiger partial charge in [-0.05, 0) is 50.1 Å². The van der Waals surface area contributed by atoms with E-state index in [1.54, 1.807) is 31.3 Å². The van der Waals surface area contributed by atoms with E-state index in [-0.39, 0.29) is 5.56 Å². The zero-order valence-electron chi connectivity index (χ0n) is 21.5. The van der Waals surface area contributed by atoms with Crippen LogP contribution in [0.4, 0.5) is 0 Å². The highest BCUT2D eigenvalue weighted by atomic mass is 16.5. The molecule has 6 N–H and O–H groups in total. The third-order valence-electron chi connectivity index (χ3n) is 5.61. The molecular formula is C27H36N4O7. The minimum atomic E-state index is -0.976. The first kappa shape index (κ1) is 30.4. The monoisotopic (exact) mass is 528 g/mol. The van der Waals surface area contributed by atoms with E-state index in [0.717, 1.165) is 23.8 Å². The van der Waals surface area contributed by atoms with Crippen molar-refractivity contribution >= 4 is 22.7 Å². The van der Waals surface area contributed by atoms with Crippen LogP contribution in [0.1, 0.15) is 31.7 Å². The molecule has 0 aliphatic rings. The van der Waals surface area contributed by atoms with Gasteiger partial charge in [0.15, 0.2) is 6.10 Å². The van der Waals surface area contributed by atoms with Crippen LogP contribution in [0.25, 0.3) is 10.8 Å². The highest BCUT2D eigenvalue weighted by molar-refractivity contribution is 5.80. The number of unbranched alkanes of at least 4 members (excludes halogenated alkanes) is 1. The van der Waals surface area contributed by atoms with Crippen molar-refractivity contribution in [2.45, 2.75) is 51.3 Å². The Morgan fingerprint density at radius 3 is 2.39 bits per heavy atom. The molecule has 11 nitrogen and oxygen atoms in total. The topological polar surface area (TPSA) is 180 Å². The number of fused-ring (bicyclic) bond motifs is 1. The Morgan fingerprint density at radius 1 is 1.05 bits per heavy atom. The molecule has 1 heterocycles. The molecule has 0 spiro atoms. The zero-order valence-corrected chi connectivity index (χ0v) is 21.5. The third-order valence-corrected chi connectivity index (χ3v) is 5.61.